The number of ether oxygens (including phenoxy) is 1. The summed E-state index contributed by atoms with van der Waals surface area (Å²) < 4.78 is 4.91. The Morgan fingerprint density at radius 3 is 2.71 bits per heavy atom. The summed E-state index contributed by atoms with van der Waals surface area (Å²) in [5, 5.41) is 6.22. The summed E-state index contributed by atoms with van der Waals surface area (Å²) in [6, 6.07) is 7.23. The Labute approximate surface area is 125 Å². The Morgan fingerprint density at radius 2 is 2.10 bits per heavy atom. The number of anilines is 1. The predicted molar refractivity (Wildman–Crippen MR) is 81.3 cm³/mol. The van der Waals surface area contributed by atoms with Crippen LogP contribution in [0, 0.1) is 0 Å². The van der Waals surface area contributed by atoms with Gasteiger partial charge >= 0.3 is 5.97 Å². The minimum Gasteiger partial charge on any atom is -0.462 e. The SMILES string of the molecule is CCOC(=O)c1ccc(NC(=O)CCC2CCCN2)cc1. The lowest BCUT2D eigenvalue weighted by molar-refractivity contribution is -0.116. The molecular formula is C16H22N2O3. The van der Waals surface area contributed by atoms with Gasteiger partial charge in [-0.3, -0.25) is 4.79 Å². The number of carbonyl (C=O) groups excluding carboxylic acids is 2. The molecule has 1 aromatic carbocycles. The molecule has 114 valence electrons. The summed E-state index contributed by atoms with van der Waals surface area (Å²) in [7, 11) is 0. The third kappa shape index (κ3) is 4.86. The molecule has 0 saturated carbocycles. The highest BCUT2D eigenvalue weighted by molar-refractivity contribution is 5.93. The van der Waals surface area contributed by atoms with Gasteiger partial charge in [0.15, 0.2) is 0 Å². The van der Waals surface area contributed by atoms with E-state index in [2.05, 4.69) is 10.6 Å². The molecule has 0 bridgehead atoms. The van der Waals surface area contributed by atoms with Crippen molar-refractivity contribution in [1.29, 1.82) is 0 Å². The monoisotopic (exact) mass is 290 g/mol. The topological polar surface area (TPSA) is 67.4 Å². The fourth-order valence-electron chi connectivity index (χ4n) is 2.44. The van der Waals surface area contributed by atoms with Gasteiger partial charge in [-0.15, -0.1) is 0 Å². The summed E-state index contributed by atoms with van der Waals surface area (Å²) in [5.74, 6) is -0.338. The second-order valence-electron chi connectivity index (χ2n) is 5.18. The third-order valence-electron chi connectivity index (χ3n) is 3.56. The van der Waals surface area contributed by atoms with Crippen LogP contribution in [0.1, 0.15) is 43.0 Å². The van der Waals surface area contributed by atoms with E-state index in [9.17, 15) is 9.59 Å². The molecule has 1 fully saturated rings. The van der Waals surface area contributed by atoms with Gasteiger partial charge in [0, 0.05) is 18.2 Å². The number of esters is 1. The summed E-state index contributed by atoms with van der Waals surface area (Å²) in [6.45, 7) is 3.18. The number of carbonyl (C=O) groups is 2. The summed E-state index contributed by atoms with van der Waals surface area (Å²) >= 11 is 0. The highest BCUT2D eigenvalue weighted by Gasteiger charge is 2.15. The lowest BCUT2D eigenvalue weighted by Gasteiger charge is -2.10. The van der Waals surface area contributed by atoms with Crippen LogP contribution in [0.5, 0.6) is 0 Å². The molecule has 1 aromatic rings. The van der Waals surface area contributed by atoms with Crippen molar-refractivity contribution in [2.45, 2.75) is 38.6 Å². The van der Waals surface area contributed by atoms with E-state index in [1.807, 2.05) is 0 Å². The molecule has 1 saturated heterocycles. The van der Waals surface area contributed by atoms with E-state index < -0.39 is 0 Å². The van der Waals surface area contributed by atoms with Gasteiger partial charge in [0.1, 0.15) is 0 Å². The Hall–Kier alpha value is -1.88. The molecule has 0 spiro atoms. The number of nitrogens with one attached hydrogen (secondary N) is 2. The van der Waals surface area contributed by atoms with Crippen molar-refractivity contribution in [3.05, 3.63) is 29.8 Å². The summed E-state index contributed by atoms with van der Waals surface area (Å²) in [6.07, 6.45) is 3.73. The minimum atomic E-state index is -0.345. The van der Waals surface area contributed by atoms with Crippen LogP contribution in [-0.4, -0.2) is 31.1 Å². The van der Waals surface area contributed by atoms with Crippen molar-refractivity contribution in [3.8, 4) is 0 Å². The van der Waals surface area contributed by atoms with E-state index in [1.165, 1.54) is 6.42 Å². The number of benzene rings is 1. The molecule has 1 amide bonds. The Balaban J connectivity index is 1.79. The van der Waals surface area contributed by atoms with E-state index in [-0.39, 0.29) is 11.9 Å². The molecule has 2 N–H and O–H groups in total. The molecule has 2 rings (SSSR count). The molecule has 5 nitrogen and oxygen atoms in total. The molecular weight excluding hydrogens is 268 g/mol. The maximum atomic E-state index is 11.9. The van der Waals surface area contributed by atoms with Crippen molar-refractivity contribution in [3.63, 3.8) is 0 Å². The van der Waals surface area contributed by atoms with E-state index in [0.29, 0.717) is 30.3 Å². The molecule has 21 heavy (non-hydrogen) atoms. The van der Waals surface area contributed by atoms with Crippen LogP contribution in [0.3, 0.4) is 0 Å². The summed E-state index contributed by atoms with van der Waals surface area (Å²) in [4.78, 5) is 23.4. The minimum absolute atomic E-state index is 0.00702. The Morgan fingerprint density at radius 1 is 1.33 bits per heavy atom. The smallest absolute Gasteiger partial charge is 0.338 e. The van der Waals surface area contributed by atoms with Crippen molar-refractivity contribution in [1.82, 2.24) is 5.32 Å². The van der Waals surface area contributed by atoms with Gasteiger partial charge in [0.2, 0.25) is 5.91 Å². The second-order valence-corrected chi connectivity index (χ2v) is 5.18. The van der Waals surface area contributed by atoms with Crippen LogP contribution in [0.15, 0.2) is 24.3 Å². The van der Waals surface area contributed by atoms with Gasteiger partial charge in [0.25, 0.3) is 0 Å². The van der Waals surface area contributed by atoms with Crippen LogP contribution < -0.4 is 10.6 Å². The van der Waals surface area contributed by atoms with Gasteiger partial charge in [-0.1, -0.05) is 0 Å². The van der Waals surface area contributed by atoms with Crippen LogP contribution in [-0.2, 0) is 9.53 Å². The zero-order valence-electron chi connectivity index (χ0n) is 12.4. The first-order chi connectivity index (χ1) is 10.2. The highest BCUT2D eigenvalue weighted by Crippen LogP contribution is 2.14. The standard InChI is InChI=1S/C16H22N2O3/c1-2-21-16(20)12-5-7-14(8-6-12)18-15(19)10-9-13-4-3-11-17-13/h5-8,13,17H,2-4,9-11H2,1H3,(H,18,19). The fraction of sp³-hybridized carbons (Fsp3) is 0.500. The van der Waals surface area contributed by atoms with Crippen molar-refractivity contribution in [2.24, 2.45) is 0 Å². The van der Waals surface area contributed by atoms with Gasteiger partial charge in [-0.05, 0) is 57.0 Å². The third-order valence-corrected chi connectivity index (χ3v) is 3.56. The second kappa shape index (κ2) is 7.78. The molecule has 1 unspecified atom stereocenters. The molecule has 1 aliphatic rings. The number of amides is 1. The molecule has 1 heterocycles. The van der Waals surface area contributed by atoms with Gasteiger partial charge < -0.3 is 15.4 Å². The van der Waals surface area contributed by atoms with Crippen molar-refractivity contribution in [2.75, 3.05) is 18.5 Å². The predicted octanol–water partition coefficient (Wildman–Crippen LogP) is 2.33. The first-order valence-corrected chi connectivity index (χ1v) is 7.49. The lowest BCUT2D eigenvalue weighted by Crippen LogP contribution is -2.23. The van der Waals surface area contributed by atoms with Crippen LogP contribution in [0.4, 0.5) is 5.69 Å². The normalized spacial score (nSPS) is 17.5. The maximum absolute atomic E-state index is 11.9. The first-order valence-electron chi connectivity index (χ1n) is 7.49. The zero-order chi connectivity index (χ0) is 15.1. The van der Waals surface area contributed by atoms with Gasteiger partial charge in [-0.2, -0.15) is 0 Å². The Kier molecular flexibility index (Phi) is 5.75. The van der Waals surface area contributed by atoms with Gasteiger partial charge in [-0.25, -0.2) is 4.79 Å². The number of hydrogen-bond donors (Lipinski definition) is 2. The zero-order valence-corrected chi connectivity index (χ0v) is 12.4. The maximum Gasteiger partial charge on any atom is 0.338 e. The van der Waals surface area contributed by atoms with Crippen molar-refractivity contribution < 1.29 is 14.3 Å². The molecule has 0 aliphatic carbocycles. The number of rotatable bonds is 6. The van der Waals surface area contributed by atoms with E-state index in [4.69, 9.17) is 4.74 Å². The Bertz CT molecular complexity index is 479. The molecule has 0 aromatic heterocycles. The van der Waals surface area contributed by atoms with E-state index in [0.717, 1.165) is 19.4 Å². The van der Waals surface area contributed by atoms with Crippen LogP contribution in [0.2, 0.25) is 0 Å². The average Bonchev–Trinajstić information content (AvgIpc) is 2.99. The molecule has 0 radical (unpaired) electrons. The largest absolute Gasteiger partial charge is 0.462 e. The molecule has 1 aliphatic heterocycles. The van der Waals surface area contributed by atoms with E-state index >= 15 is 0 Å². The van der Waals surface area contributed by atoms with Gasteiger partial charge in [0.05, 0.1) is 12.2 Å². The quantitative estimate of drug-likeness (QED) is 0.789. The van der Waals surface area contributed by atoms with Crippen LogP contribution in [0.25, 0.3) is 0 Å². The lowest BCUT2D eigenvalue weighted by atomic mass is 10.1. The molecule has 1 atom stereocenters. The highest BCUT2D eigenvalue weighted by atomic mass is 16.5. The molecule has 5 heteroatoms. The average molecular weight is 290 g/mol. The van der Waals surface area contributed by atoms with Crippen molar-refractivity contribution >= 4 is 17.6 Å². The van der Waals surface area contributed by atoms with E-state index in [1.54, 1.807) is 31.2 Å². The summed E-state index contributed by atoms with van der Waals surface area (Å²) in [5.41, 5.74) is 1.19. The number of hydrogen-bond acceptors (Lipinski definition) is 4. The van der Waals surface area contributed by atoms with Crippen LogP contribution >= 0.6 is 0 Å². The fourth-order valence-corrected chi connectivity index (χ4v) is 2.44. The first kappa shape index (κ1) is 15.5.